The Balaban J connectivity index is 1.52. The maximum Gasteiger partial charge on any atom is 0.257 e. The van der Waals surface area contributed by atoms with Crippen LogP contribution in [0.3, 0.4) is 0 Å². The molecule has 0 aliphatic carbocycles. The first-order valence-corrected chi connectivity index (χ1v) is 8.08. The minimum atomic E-state index is -1.66. The van der Waals surface area contributed by atoms with Crippen LogP contribution in [0.5, 0.6) is 11.5 Å². The van der Waals surface area contributed by atoms with E-state index in [2.05, 4.69) is 15.6 Å². The molecule has 6 nitrogen and oxygen atoms in total. The Kier molecular flexibility index (Phi) is 4.48. The molecule has 0 fully saturated rings. The number of hydrogen-bond donors (Lipinski definition) is 2. The van der Waals surface area contributed by atoms with Crippen molar-refractivity contribution in [2.75, 3.05) is 17.4 Å². The molecular formula is C19H12F3N3O3. The minimum absolute atomic E-state index is 0.0925. The van der Waals surface area contributed by atoms with Gasteiger partial charge in [0.15, 0.2) is 29.0 Å². The highest BCUT2D eigenvalue weighted by atomic mass is 19.2. The minimum Gasteiger partial charge on any atom is -0.454 e. The SMILES string of the molecule is O=C(Nc1ccc(F)c(F)c1F)c1cncc(Nc2ccc3c(c2)OCO3)c1. The highest BCUT2D eigenvalue weighted by Gasteiger charge is 2.17. The lowest BCUT2D eigenvalue weighted by Crippen LogP contribution is -2.14. The molecule has 9 heteroatoms. The van der Waals surface area contributed by atoms with Gasteiger partial charge in [-0.25, -0.2) is 13.2 Å². The van der Waals surface area contributed by atoms with Gasteiger partial charge in [0.05, 0.1) is 23.1 Å². The second-order valence-electron chi connectivity index (χ2n) is 5.83. The van der Waals surface area contributed by atoms with Crippen LogP contribution in [0.2, 0.25) is 0 Å². The predicted molar refractivity (Wildman–Crippen MR) is 94.4 cm³/mol. The fourth-order valence-corrected chi connectivity index (χ4v) is 2.59. The van der Waals surface area contributed by atoms with Gasteiger partial charge in [-0.15, -0.1) is 0 Å². The first-order chi connectivity index (χ1) is 13.5. The summed E-state index contributed by atoms with van der Waals surface area (Å²) in [6.07, 6.45) is 2.75. The molecule has 3 aromatic rings. The summed E-state index contributed by atoms with van der Waals surface area (Å²) in [5.74, 6) is -3.99. The van der Waals surface area contributed by atoms with Crippen molar-refractivity contribution in [2.24, 2.45) is 0 Å². The zero-order valence-electron chi connectivity index (χ0n) is 14.1. The quantitative estimate of drug-likeness (QED) is 0.656. The molecule has 142 valence electrons. The molecule has 0 spiro atoms. The number of nitrogens with one attached hydrogen (secondary N) is 2. The van der Waals surface area contributed by atoms with E-state index in [1.807, 2.05) is 0 Å². The van der Waals surface area contributed by atoms with E-state index in [1.54, 1.807) is 18.2 Å². The van der Waals surface area contributed by atoms with Gasteiger partial charge in [-0.3, -0.25) is 9.78 Å². The number of halogens is 3. The van der Waals surface area contributed by atoms with Gasteiger partial charge in [-0.1, -0.05) is 0 Å². The summed E-state index contributed by atoms with van der Waals surface area (Å²) in [4.78, 5) is 16.3. The van der Waals surface area contributed by atoms with Crippen molar-refractivity contribution in [3.63, 3.8) is 0 Å². The van der Waals surface area contributed by atoms with E-state index in [9.17, 15) is 18.0 Å². The summed E-state index contributed by atoms with van der Waals surface area (Å²) >= 11 is 0. The number of pyridine rings is 1. The molecule has 0 radical (unpaired) electrons. The lowest BCUT2D eigenvalue weighted by Gasteiger charge is -2.10. The highest BCUT2D eigenvalue weighted by Crippen LogP contribution is 2.35. The Morgan fingerprint density at radius 1 is 0.929 bits per heavy atom. The maximum absolute atomic E-state index is 13.7. The molecule has 0 saturated carbocycles. The van der Waals surface area contributed by atoms with Crippen molar-refractivity contribution in [3.8, 4) is 11.5 Å². The highest BCUT2D eigenvalue weighted by molar-refractivity contribution is 6.04. The Morgan fingerprint density at radius 3 is 2.61 bits per heavy atom. The van der Waals surface area contributed by atoms with Crippen molar-refractivity contribution >= 4 is 23.0 Å². The molecule has 1 aliphatic rings. The molecule has 0 unspecified atom stereocenters. The van der Waals surface area contributed by atoms with Crippen molar-refractivity contribution in [3.05, 3.63) is 71.8 Å². The maximum atomic E-state index is 13.7. The molecule has 1 aromatic heterocycles. The van der Waals surface area contributed by atoms with Gasteiger partial charge in [0.25, 0.3) is 5.91 Å². The molecule has 2 aromatic carbocycles. The number of ether oxygens (including phenoxy) is 2. The first kappa shape index (κ1) is 17.7. The molecular weight excluding hydrogens is 375 g/mol. The van der Waals surface area contributed by atoms with Crippen LogP contribution in [0.15, 0.2) is 48.8 Å². The molecule has 28 heavy (non-hydrogen) atoms. The third-order valence-corrected chi connectivity index (χ3v) is 3.95. The summed E-state index contributed by atoms with van der Waals surface area (Å²) in [6, 6.07) is 8.37. The largest absolute Gasteiger partial charge is 0.454 e. The van der Waals surface area contributed by atoms with Crippen molar-refractivity contribution in [1.29, 1.82) is 0 Å². The van der Waals surface area contributed by atoms with E-state index in [4.69, 9.17) is 9.47 Å². The second-order valence-corrected chi connectivity index (χ2v) is 5.83. The van der Waals surface area contributed by atoms with Crippen LogP contribution in [0.25, 0.3) is 0 Å². The number of carbonyl (C=O) groups excluding carboxylic acids is 1. The standard InChI is InChI=1S/C19H12F3N3O3/c20-13-2-3-14(18(22)17(13)21)25-19(26)10-5-12(8-23-7-10)24-11-1-4-15-16(6-11)28-9-27-15/h1-8,24H,9H2,(H,25,26). The molecule has 4 rings (SSSR count). The Labute approximate surface area is 156 Å². The van der Waals surface area contributed by atoms with E-state index in [1.165, 1.54) is 18.5 Å². The molecule has 0 bridgehead atoms. The van der Waals surface area contributed by atoms with Gasteiger partial charge < -0.3 is 20.1 Å². The zero-order chi connectivity index (χ0) is 19.7. The van der Waals surface area contributed by atoms with Crippen molar-refractivity contribution in [2.45, 2.75) is 0 Å². The monoisotopic (exact) mass is 387 g/mol. The van der Waals surface area contributed by atoms with E-state index in [0.717, 1.165) is 12.1 Å². The molecule has 1 aliphatic heterocycles. The first-order valence-electron chi connectivity index (χ1n) is 8.08. The number of rotatable bonds is 4. The average molecular weight is 387 g/mol. The smallest absolute Gasteiger partial charge is 0.257 e. The summed E-state index contributed by atoms with van der Waals surface area (Å²) in [6.45, 7) is 0.149. The van der Waals surface area contributed by atoms with Gasteiger partial charge in [0, 0.05) is 18.0 Å². The number of fused-ring (bicyclic) bond motifs is 1. The predicted octanol–water partition coefficient (Wildman–Crippen LogP) is 4.22. The summed E-state index contributed by atoms with van der Waals surface area (Å²) in [5.41, 5.74) is 0.778. The lowest BCUT2D eigenvalue weighted by molar-refractivity contribution is 0.102. The van der Waals surface area contributed by atoms with Crippen LogP contribution in [0, 0.1) is 17.5 Å². The third-order valence-electron chi connectivity index (χ3n) is 3.95. The Hall–Kier alpha value is -3.75. The molecule has 0 saturated heterocycles. The zero-order valence-corrected chi connectivity index (χ0v) is 14.1. The second kappa shape index (κ2) is 7.10. The number of benzene rings is 2. The topological polar surface area (TPSA) is 72.5 Å². The van der Waals surface area contributed by atoms with Crippen LogP contribution in [0.4, 0.5) is 30.2 Å². The number of anilines is 3. The number of aromatic nitrogens is 1. The number of amides is 1. The van der Waals surface area contributed by atoms with E-state index >= 15 is 0 Å². The van der Waals surface area contributed by atoms with Gasteiger partial charge >= 0.3 is 0 Å². The molecule has 2 heterocycles. The average Bonchev–Trinajstić information content (AvgIpc) is 3.16. The van der Waals surface area contributed by atoms with Crippen LogP contribution < -0.4 is 20.1 Å². The Bertz CT molecular complexity index is 1080. The van der Waals surface area contributed by atoms with Crippen molar-refractivity contribution < 1.29 is 27.4 Å². The fraction of sp³-hybridized carbons (Fsp3) is 0.0526. The van der Waals surface area contributed by atoms with E-state index in [0.29, 0.717) is 22.9 Å². The van der Waals surface area contributed by atoms with Crippen molar-refractivity contribution in [1.82, 2.24) is 4.98 Å². The lowest BCUT2D eigenvalue weighted by atomic mass is 10.2. The van der Waals surface area contributed by atoms with Gasteiger partial charge in [-0.2, -0.15) is 0 Å². The van der Waals surface area contributed by atoms with Gasteiger partial charge in [0.1, 0.15) is 0 Å². The normalized spacial score (nSPS) is 12.0. The van der Waals surface area contributed by atoms with Gasteiger partial charge in [-0.05, 0) is 30.3 Å². The summed E-state index contributed by atoms with van der Waals surface area (Å²) in [5, 5.41) is 5.25. The summed E-state index contributed by atoms with van der Waals surface area (Å²) in [7, 11) is 0. The Morgan fingerprint density at radius 2 is 1.75 bits per heavy atom. The number of nitrogens with zero attached hydrogens (tertiary/aromatic N) is 1. The molecule has 2 N–H and O–H groups in total. The molecule has 0 atom stereocenters. The summed E-state index contributed by atoms with van der Waals surface area (Å²) < 4.78 is 50.6. The van der Waals surface area contributed by atoms with Crippen LogP contribution in [-0.2, 0) is 0 Å². The number of hydrogen-bond acceptors (Lipinski definition) is 5. The molecule has 1 amide bonds. The van der Waals surface area contributed by atoms with Crippen LogP contribution in [-0.4, -0.2) is 17.7 Å². The van der Waals surface area contributed by atoms with E-state index < -0.39 is 29.0 Å². The van der Waals surface area contributed by atoms with Crippen LogP contribution in [0.1, 0.15) is 10.4 Å². The number of carbonyl (C=O) groups is 1. The van der Waals surface area contributed by atoms with Gasteiger partial charge in [0.2, 0.25) is 6.79 Å². The van der Waals surface area contributed by atoms with E-state index in [-0.39, 0.29) is 12.4 Å². The fourth-order valence-electron chi connectivity index (χ4n) is 2.59. The van der Waals surface area contributed by atoms with Crippen LogP contribution >= 0.6 is 0 Å². The third kappa shape index (κ3) is 3.41.